The van der Waals surface area contributed by atoms with E-state index in [4.69, 9.17) is 9.84 Å². The summed E-state index contributed by atoms with van der Waals surface area (Å²) in [5, 5.41) is 27.3. The highest BCUT2D eigenvalue weighted by Gasteiger charge is 2.49. The zero-order valence-corrected chi connectivity index (χ0v) is 14.2. The molecule has 6 nitrogen and oxygen atoms in total. The van der Waals surface area contributed by atoms with E-state index in [2.05, 4.69) is 0 Å². The molecule has 0 saturated carbocycles. The van der Waals surface area contributed by atoms with Crippen molar-refractivity contribution >= 4 is 5.71 Å². The Morgan fingerprint density at radius 1 is 1.12 bits per heavy atom. The standard InChI is InChI=1S/C20H18N4O2/c21-17-13-26-16-10-5-4-9-15(16)20(17,25)19-23-12-6-11-18(23)22-24(19)14-7-2-1-3-8-14/h1-5,7-10,25H,6,11-13H2. The van der Waals surface area contributed by atoms with Crippen LogP contribution in [-0.4, -0.2) is 27.2 Å². The summed E-state index contributed by atoms with van der Waals surface area (Å²) in [6, 6.07) is 17.0. The van der Waals surface area contributed by atoms with E-state index < -0.39 is 5.60 Å². The van der Waals surface area contributed by atoms with Crippen LogP contribution >= 0.6 is 0 Å². The van der Waals surface area contributed by atoms with E-state index in [1.807, 2.05) is 47.0 Å². The fourth-order valence-electron chi connectivity index (χ4n) is 3.91. The van der Waals surface area contributed by atoms with Crippen molar-refractivity contribution in [3.8, 4) is 11.4 Å². The lowest BCUT2D eigenvalue weighted by Crippen LogP contribution is -2.53. The monoisotopic (exact) mass is 346 g/mol. The maximum atomic E-state index is 11.8. The van der Waals surface area contributed by atoms with Gasteiger partial charge in [-0.25, -0.2) is 4.57 Å². The minimum absolute atomic E-state index is 0.0528. The Morgan fingerprint density at radius 3 is 2.73 bits per heavy atom. The molecular formula is C20H18N4O2. The maximum absolute atomic E-state index is 11.8. The maximum Gasteiger partial charge on any atom is 0.281 e. The molecule has 0 spiro atoms. The van der Waals surface area contributed by atoms with Gasteiger partial charge < -0.3 is 15.3 Å². The van der Waals surface area contributed by atoms with Crippen molar-refractivity contribution in [3.63, 3.8) is 0 Å². The van der Waals surface area contributed by atoms with Crippen molar-refractivity contribution in [3.05, 3.63) is 77.2 Å². The lowest BCUT2D eigenvalue weighted by Gasteiger charge is -2.38. The molecule has 2 aliphatic rings. The average Bonchev–Trinajstić information content (AvgIpc) is 3.27. The van der Waals surface area contributed by atoms with Crippen molar-refractivity contribution in [1.82, 2.24) is 9.78 Å². The number of rotatable bonds is 2. The second-order valence-electron chi connectivity index (χ2n) is 6.68. The summed E-state index contributed by atoms with van der Waals surface area (Å²) in [7, 11) is 0. The van der Waals surface area contributed by atoms with Crippen LogP contribution in [0, 0.1) is 0 Å². The Morgan fingerprint density at radius 2 is 1.88 bits per heavy atom. The molecule has 0 radical (unpaired) electrons. The lowest BCUT2D eigenvalue weighted by atomic mass is 9.85. The minimum atomic E-state index is -1.68. The lowest BCUT2D eigenvalue weighted by molar-refractivity contribution is -0.703. The molecule has 2 aliphatic heterocycles. The topological polar surface area (TPSA) is 73.5 Å². The predicted molar refractivity (Wildman–Crippen MR) is 95.4 cm³/mol. The first kappa shape index (κ1) is 15.3. The van der Waals surface area contributed by atoms with Gasteiger partial charge in [-0.2, -0.15) is 0 Å². The fourth-order valence-corrected chi connectivity index (χ4v) is 3.91. The van der Waals surface area contributed by atoms with Crippen molar-refractivity contribution in [2.24, 2.45) is 0 Å². The molecule has 1 N–H and O–H groups in total. The third-order valence-electron chi connectivity index (χ3n) is 5.15. The highest BCUT2D eigenvalue weighted by atomic mass is 16.5. The first-order valence-electron chi connectivity index (χ1n) is 8.77. The number of nitrogens with zero attached hydrogens (tertiary/aromatic N) is 4. The molecule has 3 aromatic rings. The van der Waals surface area contributed by atoms with Crippen LogP contribution in [0.1, 0.15) is 23.6 Å². The number of aliphatic hydroxyl groups is 1. The molecule has 130 valence electrons. The molecule has 5 rings (SSSR count). The van der Waals surface area contributed by atoms with Crippen LogP contribution in [0.4, 0.5) is 0 Å². The van der Waals surface area contributed by atoms with Crippen LogP contribution in [0.2, 0.25) is 0 Å². The molecule has 0 saturated heterocycles. The number of fused-ring (bicyclic) bond motifs is 2. The van der Waals surface area contributed by atoms with Gasteiger partial charge in [0.1, 0.15) is 11.4 Å². The van der Waals surface area contributed by atoms with E-state index in [9.17, 15) is 10.5 Å². The first-order chi connectivity index (χ1) is 12.7. The Kier molecular flexibility index (Phi) is 3.24. The van der Waals surface area contributed by atoms with Gasteiger partial charge in [0.25, 0.3) is 11.6 Å². The molecule has 1 aromatic heterocycles. The zero-order chi connectivity index (χ0) is 17.7. The molecule has 1 unspecified atom stereocenters. The van der Waals surface area contributed by atoms with Gasteiger partial charge in [0, 0.05) is 17.1 Å². The van der Waals surface area contributed by atoms with E-state index in [-0.39, 0.29) is 12.3 Å². The van der Waals surface area contributed by atoms with Gasteiger partial charge in [0.05, 0.1) is 13.2 Å². The van der Waals surface area contributed by atoms with Crippen molar-refractivity contribution < 1.29 is 14.4 Å². The van der Waals surface area contributed by atoms with Crippen LogP contribution in [-0.2, 0) is 18.6 Å². The average molecular weight is 346 g/mol. The zero-order valence-electron chi connectivity index (χ0n) is 14.2. The largest absolute Gasteiger partial charge is 0.805 e. The fraction of sp³-hybridized carbons (Fsp3) is 0.250. The van der Waals surface area contributed by atoms with E-state index in [1.165, 1.54) is 0 Å². The number of benzene rings is 2. The van der Waals surface area contributed by atoms with Crippen molar-refractivity contribution in [2.75, 3.05) is 6.61 Å². The Hall–Kier alpha value is -2.99. The third-order valence-corrected chi connectivity index (χ3v) is 5.15. The summed E-state index contributed by atoms with van der Waals surface area (Å²) in [5.41, 5.74) is -0.437. The molecule has 0 fully saturated rings. The highest BCUT2D eigenvalue weighted by Crippen LogP contribution is 2.39. The molecule has 0 bridgehead atoms. The molecular weight excluding hydrogens is 328 g/mol. The summed E-state index contributed by atoms with van der Waals surface area (Å²) in [4.78, 5) is 0. The van der Waals surface area contributed by atoms with Crippen LogP contribution in [0.25, 0.3) is 11.1 Å². The molecule has 0 aliphatic carbocycles. The first-order valence-corrected chi connectivity index (χ1v) is 8.77. The van der Waals surface area contributed by atoms with Crippen LogP contribution in [0.15, 0.2) is 54.6 Å². The number of hydrogen-bond donors (Lipinski definition) is 1. The van der Waals surface area contributed by atoms with E-state index in [0.717, 1.165) is 30.9 Å². The summed E-state index contributed by atoms with van der Waals surface area (Å²) in [6.45, 7) is 0.707. The van der Waals surface area contributed by atoms with Gasteiger partial charge in [0.15, 0.2) is 5.60 Å². The Labute approximate surface area is 150 Å². The highest BCUT2D eigenvalue weighted by molar-refractivity contribution is 6.00. The van der Waals surface area contributed by atoms with Crippen molar-refractivity contribution in [1.29, 1.82) is 0 Å². The normalized spacial score (nSPS) is 21.2. The van der Waals surface area contributed by atoms with E-state index in [0.29, 0.717) is 17.1 Å². The van der Waals surface area contributed by atoms with E-state index in [1.54, 1.807) is 16.8 Å². The predicted octanol–water partition coefficient (Wildman–Crippen LogP) is 1.74. The van der Waals surface area contributed by atoms with Crippen LogP contribution in [0.5, 0.6) is 5.75 Å². The molecule has 0 amide bonds. The van der Waals surface area contributed by atoms with Crippen LogP contribution < -0.4 is 9.30 Å². The van der Waals surface area contributed by atoms with Crippen molar-refractivity contribution in [2.45, 2.75) is 25.0 Å². The second kappa shape index (κ2) is 5.51. The molecule has 3 heterocycles. The van der Waals surface area contributed by atoms with Gasteiger partial charge in [-0.15, -0.1) is 5.71 Å². The second-order valence-corrected chi connectivity index (χ2v) is 6.68. The van der Waals surface area contributed by atoms with E-state index >= 15 is 0 Å². The third kappa shape index (κ3) is 1.99. The number of aromatic nitrogens is 3. The minimum Gasteiger partial charge on any atom is -0.805 e. The van der Waals surface area contributed by atoms with Gasteiger partial charge in [-0.05, 0) is 24.6 Å². The number of hydrogen-bond acceptors (Lipinski definition) is 3. The summed E-state index contributed by atoms with van der Waals surface area (Å²) < 4.78 is 9.37. The van der Waals surface area contributed by atoms with Gasteiger partial charge in [0.2, 0.25) is 0 Å². The van der Waals surface area contributed by atoms with Crippen LogP contribution in [0.3, 0.4) is 0 Å². The Balaban J connectivity index is 1.82. The SMILES string of the molecule is [N-]=C1COc2ccccc2C1(O)c1n(-c2ccccc2)nc2[n+]1CCC2. The number of para-hydroxylation sites is 2. The number of aryl methyl sites for hydroxylation is 1. The molecule has 2 aromatic carbocycles. The quantitative estimate of drug-likeness (QED) is 0.719. The number of ether oxygens (including phenoxy) is 1. The molecule has 1 atom stereocenters. The molecule has 26 heavy (non-hydrogen) atoms. The molecule has 6 heteroatoms. The summed E-state index contributed by atoms with van der Waals surface area (Å²) in [5.74, 6) is 2.03. The van der Waals surface area contributed by atoms with Gasteiger partial charge in [-0.1, -0.05) is 41.1 Å². The van der Waals surface area contributed by atoms with Gasteiger partial charge in [-0.3, -0.25) is 0 Å². The smallest absolute Gasteiger partial charge is 0.281 e. The summed E-state index contributed by atoms with van der Waals surface area (Å²) >= 11 is 0. The van der Waals surface area contributed by atoms with Gasteiger partial charge >= 0.3 is 0 Å². The summed E-state index contributed by atoms with van der Waals surface area (Å²) in [6.07, 6.45) is 1.82. The Bertz CT molecular complexity index is 1010.